The molecule has 0 amide bonds. The van der Waals surface area contributed by atoms with Gasteiger partial charge in [-0.05, 0) is 18.1 Å². The number of rotatable bonds is 3. The first-order valence-electron chi connectivity index (χ1n) is 4.36. The summed E-state index contributed by atoms with van der Waals surface area (Å²) >= 11 is 0. The van der Waals surface area contributed by atoms with Crippen LogP contribution >= 0.6 is 0 Å². The molecule has 13 heavy (non-hydrogen) atoms. The first-order valence-corrected chi connectivity index (χ1v) is 4.36. The fourth-order valence-electron chi connectivity index (χ4n) is 0.909. The number of ether oxygens (including phenoxy) is 1. The summed E-state index contributed by atoms with van der Waals surface area (Å²) < 4.78 is 10.3. The van der Waals surface area contributed by atoms with E-state index in [-0.39, 0.29) is 0 Å². The summed E-state index contributed by atoms with van der Waals surface area (Å²) in [6, 6.07) is 3.65. The average Bonchev–Trinajstić information content (AvgIpc) is 2.58. The van der Waals surface area contributed by atoms with Crippen LogP contribution in [-0.4, -0.2) is 19.6 Å². The topological polar surface area (TPSA) is 34.7 Å². The second kappa shape index (κ2) is 4.70. The van der Waals surface area contributed by atoms with Gasteiger partial charge in [-0.15, -0.1) is 0 Å². The second-order valence-electron chi connectivity index (χ2n) is 3.22. The molecule has 0 atom stereocenters. The van der Waals surface area contributed by atoms with Crippen LogP contribution in [0.2, 0.25) is 0 Å². The molecule has 0 spiro atoms. The molecule has 1 aromatic rings. The predicted octanol–water partition coefficient (Wildman–Crippen LogP) is 2.33. The number of methoxy groups -OCH3 is 1. The molecule has 3 nitrogen and oxygen atoms in total. The molecule has 1 heterocycles. The van der Waals surface area contributed by atoms with Gasteiger partial charge in [0.15, 0.2) is 5.76 Å². The molecule has 0 radical (unpaired) electrons. The van der Waals surface area contributed by atoms with Crippen LogP contribution in [0.3, 0.4) is 0 Å². The van der Waals surface area contributed by atoms with Gasteiger partial charge in [0.2, 0.25) is 0 Å². The van der Waals surface area contributed by atoms with E-state index in [1.807, 2.05) is 12.1 Å². The summed E-state index contributed by atoms with van der Waals surface area (Å²) in [6.45, 7) is 4.97. The molecule has 0 aromatic carbocycles. The number of nitrogens with zero attached hydrogens (tertiary/aromatic N) is 1. The highest BCUT2D eigenvalue weighted by Gasteiger charge is 2.05. The Hall–Kier alpha value is -1.25. The minimum Gasteiger partial charge on any atom is -0.479 e. The van der Waals surface area contributed by atoms with Gasteiger partial charge in [0, 0.05) is 6.54 Å². The minimum atomic E-state index is 0.528. The molecule has 0 saturated heterocycles. The van der Waals surface area contributed by atoms with Crippen molar-refractivity contribution >= 4 is 5.90 Å². The van der Waals surface area contributed by atoms with E-state index in [0.29, 0.717) is 17.6 Å². The zero-order valence-electron chi connectivity index (χ0n) is 8.28. The van der Waals surface area contributed by atoms with Crippen molar-refractivity contribution in [3.05, 3.63) is 24.2 Å². The zero-order chi connectivity index (χ0) is 9.68. The zero-order valence-corrected chi connectivity index (χ0v) is 8.28. The Bertz CT molecular complexity index is 262. The van der Waals surface area contributed by atoms with Gasteiger partial charge in [-0.3, -0.25) is 0 Å². The highest BCUT2D eigenvalue weighted by Crippen LogP contribution is 2.04. The van der Waals surface area contributed by atoms with Crippen molar-refractivity contribution in [1.29, 1.82) is 0 Å². The molecule has 0 aliphatic carbocycles. The molecular weight excluding hydrogens is 166 g/mol. The van der Waals surface area contributed by atoms with Crippen LogP contribution in [0.5, 0.6) is 0 Å². The lowest BCUT2D eigenvalue weighted by molar-refractivity contribution is 0.384. The number of hydrogen-bond acceptors (Lipinski definition) is 3. The molecule has 0 unspecified atom stereocenters. The Morgan fingerprint density at radius 1 is 1.62 bits per heavy atom. The first-order chi connectivity index (χ1) is 6.24. The van der Waals surface area contributed by atoms with Crippen LogP contribution in [-0.2, 0) is 4.74 Å². The third-order valence-corrected chi connectivity index (χ3v) is 1.53. The van der Waals surface area contributed by atoms with Crippen LogP contribution in [0.4, 0.5) is 0 Å². The van der Waals surface area contributed by atoms with Crippen LogP contribution < -0.4 is 0 Å². The molecule has 0 saturated carbocycles. The summed E-state index contributed by atoms with van der Waals surface area (Å²) in [4.78, 5) is 4.28. The van der Waals surface area contributed by atoms with Crippen molar-refractivity contribution in [2.24, 2.45) is 10.9 Å². The van der Waals surface area contributed by atoms with E-state index in [4.69, 9.17) is 9.15 Å². The van der Waals surface area contributed by atoms with E-state index in [0.717, 1.165) is 6.54 Å². The molecule has 72 valence electrons. The summed E-state index contributed by atoms with van der Waals surface area (Å²) in [5.74, 6) is 1.78. The lowest BCUT2D eigenvalue weighted by Crippen LogP contribution is -2.05. The molecule has 3 heteroatoms. The summed E-state index contributed by atoms with van der Waals surface area (Å²) in [5, 5.41) is 0. The summed E-state index contributed by atoms with van der Waals surface area (Å²) in [7, 11) is 1.60. The Labute approximate surface area is 78.4 Å². The maximum atomic E-state index is 5.16. The van der Waals surface area contributed by atoms with Crippen LogP contribution in [0, 0.1) is 5.92 Å². The van der Waals surface area contributed by atoms with E-state index >= 15 is 0 Å². The quantitative estimate of drug-likeness (QED) is 0.530. The minimum absolute atomic E-state index is 0.528. The standard InChI is InChI=1S/C10H15NO2/c1-8(2)7-11-10(12-3)9-5-4-6-13-9/h4-6,8H,7H2,1-3H3. The van der Waals surface area contributed by atoms with Gasteiger partial charge in [0.05, 0.1) is 13.4 Å². The van der Waals surface area contributed by atoms with Crippen molar-refractivity contribution < 1.29 is 9.15 Å². The smallest absolute Gasteiger partial charge is 0.252 e. The van der Waals surface area contributed by atoms with Gasteiger partial charge >= 0.3 is 0 Å². The van der Waals surface area contributed by atoms with E-state index in [9.17, 15) is 0 Å². The number of aliphatic imine (C=N–C) groups is 1. The maximum Gasteiger partial charge on any atom is 0.252 e. The van der Waals surface area contributed by atoms with Crippen LogP contribution in [0.15, 0.2) is 27.8 Å². The normalized spacial score (nSPS) is 12.2. The lowest BCUT2D eigenvalue weighted by Gasteiger charge is -2.03. The van der Waals surface area contributed by atoms with E-state index < -0.39 is 0 Å². The van der Waals surface area contributed by atoms with Crippen LogP contribution in [0.1, 0.15) is 19.6 Å². The van der Waals surface area contributed by atoms with Crippen molar-refractivity contribution in [2.45, 2.75) is 13.8 Å². The number of hydrogen-bond donors (Lipinski definition) is 0. The van der Waals surface area contributed by atoms with Crippen molar-refractivity contribution in [1.82, 2.24) is 0 Å². The molecular formula is C10H15NO2. The molecule has 0 bridgehead atoms. The van der Waals surface area contributed by atoms with Gasteiger partial charge in [0.1, 0.15) is 0 Å². The second-order valence-corrected chi connectivity index (χ2v) is 3.22. The highest BCUT2D eigenvalue weighted by atomic mass is 16.5. The largest absolute Gasteiger partial charge is 0.479 e. The Kier molecular flexibility index (Phi) is 3.55. The van der Waals surface area contributed by atoms with Crippen molar-refractivity contribution in [3.8, 4) is 0 Å². The fourth-order valence-corrected chi connectivity index (χ4v) is 0.909. The molecule has 1 rings (SSSR count). The third kappa shape index (κ3) is 2.93. The van der Waals surface area contributed by atoms with Gasteiger partial charge in [-0.25, -0.2) is 4.99 Å². The highest BCUT2D eigenvalue weighted by molar-refractivity contribution is 5.91. The molecule has 0 N–H and O–H groups in total. The SMILES string of the molecule is COC(=NCC(C)C)c1ccco1. The predicted molar refractivity (Wildman–Crippen MR) is 52.0 cm³/mol. The summed E-state index contributed by atoms with van der Waals surface area (Å²) in [6.07, 6.45) is 1.61. The number of furan rings is 1. The van der Waals surface area contributed by atoms with E-state index in [2.05, 4.69) is 18.8 Å². The third-order valence-electron chi connectivity index (χ3n) is 1.53. The van der Waals surface area contributed by atoms with Crippen molar-refractivity contribution in [3.63, 3.8) is 0 Å². The Balaban J connectivity index is 2.68. The average molecular weight is 181 g/mol. The molecule has 0 aliphatic heterocycles. The summed E-state index contributed by atoms with van der Waals surface area (Å²) in [5.41, 5.74) is 0. The maximum absolute atomic E-state index is 5.16. The Morgan fingerprint density at radius 3 is 2.85 bits per heavy atom. The van der Waals surface area contributed by atoms with Gasteiger partial charge < -0.3 is 9.15 Å². The molecule has 0 fully saturated rings. The Morgan fingerprint density at radius 2 is 2.38 bits per heavy atom. The van der Waals surface area contributed by atoms with Crippen molar-refractivity contribution in [2.75, 3.05) is 13.7 Å². The van der Waals surface area contributed by atoms with E-state index in [1.54, 1.807) is 13.4 Å². The van der Waals surface area contributed by atoms with Crippen LogP contribution in [0.25, 0.3) is 0 Å². The fraction of sp³-hybridized carbons (Fsp3) is 0.500. The monoisotopic (exact) mass is 181 g/mol. The lowest BCUT2D eigenvalue weighted by atomic mass is 10.2. The van der Waals surface area contributed by atoms with Gasteiger partial charge in [-0.1, -0.05) is 13.8 Å². The molecule has 1 aromatic heterocycles. The van der Waals surface area contributed by atoms with Gasteiger partial charge in [0.25, 0.3) is 5.90 Å². The first kappa shape index (κ1) is 9.84. The van der Waals surface area contributed by atoms with Gasteiger partial charge in [-0.2, -0.15) is 0 Å². The van der Waals surface area contributed by atoms with E-state index in [1.165, 1.54) is 0 Å². The molecule has 0 aliphatic rings.